The smallest absolute Gasteiger partial charge is 0.290 e. The van der Waals surface area contributed by atoms with Gasteiger partial charge in [0.15, 0.2) is 0 Å². The molecule has 4 N–H and O–H groups in total. The second-order valence-corrected chi connectivity index (χ2v) is 3.34. The summed E-state index contributed by atoms with van der Waals surface area (Å²) in [4.78, 5) is 8.36. The number of carboxylic acid groups (broad SMARTS) is 1. The van der Waals surface area contributed by atoms with Crippen LogP contribution in [0.5, 0.6) is 0 Å². The van der Waals surface area contributed by atoms with Crippen LogP contribution in [-0.4, -0.2) is 53.7 Å². The van der Waals surface area contributed by atoms with E-state index in [0.717, 1.165) is 0 Å². The topological polar surface area (TPSA) is 132 Å². The first-order valence-electron chi connectivity index (χ1n) is 2.98. The van der Waals surface area contributed by atoms with Gasteiger partial charge in [-0.2, -0.15) is 8.42 Å². The summed E-state index contributed by atoms with van der Waals surface area (Å²) in [6.07, 6.45) is 0.155. The summed E-state index contributed by atoms with van der Waals surface area (Å²) in [6.45, 7) is 1.14. The zero-order chi connectivity index (χ0) is 11.5. The lowest BCUT2D eigenvalue weighted by Crippen LogP contribution is -2.03. The van der Waals surface area contributed by atoms with Crippen LogP contribution in [0.3, 0.4) is 0 Å². The molecule has 13 heavy (non-hydrogen) atoms. The van der Waals surface area contributed by atoms with E-state index in [0.29, 0.717) is 6.26 Å². The lowest BCUT2D eigenvalue weighted by Gasteiger charge is -1.90. The maximum Gasteiger partial charge on any atom is 0.290 e. The van der Waals surface area contributed by atoms with Gasteiger partial charge in [0, 0.05) is 0 Å². The van der Waals surface area contributed by atoms with Crippen molar-refractivity contribution in [3.63, 3.8) is 0 Å². The van der Waals surface area contributed by atoms with Gasteiger partial charge < -0.3 is 15.3 Å². The average molecular weight is 218 g/mol. The largest absolute Gasteiger partial charge is 0.483 e. The van der Waals surface area contributed by atoms with Crippen LogP contribution >= 0.6 is 0 Å². The third-order valence-corrected chi connectivity index (χ3v) is 0.264. The molecule has 0 aliphatic heterocycles. The van der Waals surface area contributed by atoms with Crippen LogP contribution in [0.25, 0.3) is 0 Å². The lowest BCUT2D eigenvalue weighted by molar-refractivity contribution is -0.122. The van der Waals surface area contributed by atoms with Crippen LogP contribution in [0.15, 0.2) is 0 Å². The number of carbonyl (C=O) groups is 1. The molecule has 0 rings (SSSR count). The summed E-state index contributed by atoms with van der Waals surface area (Å²) in [7, 11) is -3.67. The highest BCUT2D eigenvalue weighted by molar-refractivity contribution is 7.85. The Morgan fingerprint density at radius 3 is 1.54 bits per heavy atom. The van der Waals surface area contributed by atoms with E-state index in [9.17, 15) is 8.42 Å². The highest BCUT2D eigenvalue weighted by Gasteiger charge is 1.83. The van der Waals surface area contributed by atoms with E-state index in [1.807, 2.05) is 0 Å². The Labute approximate surface area is 76.4 Å². The van der Waals surface area contributed by atoms with Crippen molar-refractivity contribution in [1.82, 2.24) is 0 Å². The molecule has 0 fully saturated rings. The normalized spacial score (nSPS) is 11.2. The number of aliphatic hydroxyl groups is 2. The molecule has 0 saturated heterocycles. The number of hydrogen-bond acceptors (Lipinski definition) is 5. The first kappa shape index (κ1) is 18.2. The lowest BCUT2D eigenvalue weighted by atomic mass is 10.5. The molecular weight excluding hydrogens is 204 g/mol. The van der Waals surface area contributed by atoms with Crippen molar-refractivity contribution in [2.24, 2.45) is 0 Å². The summed E-state index contributed by atoms with van der Waals surface area (Å²) in [6, 6.07) is 0. The maximum atomic E-state index is 9.19. The van der Waals surface area contributed by atoms with Crippen molar-refractivity contribution < 1.29 is 33.1 Å². The summed E-state index contributed by atoms with van der Waals surface area (Å²) in [5.74, 6) is 0. The second kappa shape index (κ2) is 11.3. The van der Waals surface area contributed by atoms with Gasteiger partial charge >= 0.3 is 0 Å². The van der Waals surface area contributed by atoms with Gasteiger partial charge in [0.1, 0.15) is 0 Å². The van der Waals surface area contributed by atoms with E-state index in [4.69, 9.17) is 24.7 Å². The second-order valence-electron chi connectivity index (χ2n) is 1.87. The Kier molecular flexibility index (Phi) is 15.8. The third-order valence-electron chi connectivity index (χ3n) is 0.264. The molecule has 82 valence electrons. The van der Waals surface area contributed by atoms with E-state index in [1.54, 1.807) is 0 Å². The molecule has 0 heterocycles. The van der Waals surface area contributed by atoms with E-state index < -0.39 is 16.2 Å². The Morgan fingerprint density at radius 2 is 1.54 bits per heavy atom. The monoisotopic (exact) mass is 218 g/mol. The molecule has 0 aromatic rings. The van der Waals surface area contributed by atoms with Crippen molar-refractivity contribution in [3.8, 4) is 0 Å². The predicted octanol–water partition coefficient (Wildman–Crippen LogP) is -1.44. The molecule has 0 radical (unpaired) electrons. The quantitative estimate of drug-likeness (QED) is 0.313. The SMILES string of the molecule is CC(O)CO.CS(=O)(=O)O.O=CO. The van der Waals surface area contributed by atoms with Gasteiger partial charge in [0.05, 0.1) is 19.0 Å². The Bertz CT molecular complexity index is 175. The Balaban J connectivity index is -0.000000120. The molecule has 0 amide bonds. The van der Waals surface area contributed by atoms with Crippen LogP contribution in [0.1, 0.15) is 6.92 Å². The fourth-order valence-electron chi connectivity index (χ4n) is 0. The predicted molar refractivity (Wildman–Crippen MR) is 44.9 cm³/mol. The molecule has 8 heteroatoms. The van der Waals surface area contributed by atoms with E-state index in [-0.39, 0.29) is 13.1 Å². The molecule has 0 spiro atoms. The fourth-order valence-corrected chi connectivity index (χ4v) is 0. The first-order valence-corrected chi connectivity index (χ1v) is 4.83. The molecule has 7 nitrogen and oxygen atoms in total. The summed E-state index contributed by atoms with van der Waals surface area (Å²) < 4.78 is 25.9. The van der Waals surface area contributed by atoms with Crippen LogP contribution in [0, 0.1) is 0 Å². The Hall–Kier alpha value is -0.700. The molecule has 0 aliphatic rings. The third kappa shape index (κ3) is 578. The number of hydrogen-bond donors (Lipinski definition) is 4. The van der Waals surface area contributed by atoms with Crippen molar-refractivity contribution in [2.45, 2.75) is 13.0 Å². The Morgan fingerprint density at radius 1 is 1.46 bits per heavy atom. The van der Waals surface area contributed by atoms with Crippen LogP contribution in [0.2, 0.25) is 0 Å². The highest BCUT2D eigenvalue weighted by atomic mass is 32.2. The van der Waals surface area contributed by atoms with Gasteiger partial charge in [-0.05, 0) is 6.92 Å². The summed E-state index contributed by atoms with van der Waals surface area (Å²) in [5, 5.41) is 22.9. The van der Waals surface area contributed by atoms with E-state index in [1.165, 1.54) is 6.92 Å². The van der Waals surface area contributed by atoms with Crippen LogP contribution in [-0.2, 0) is 14.9 Å². The molecule has 0 bridgehead atoms. The minimum Gasteiger partial charge on any atom is -0.483 e. The molecular formula is C5H14O7S. The molecule has 1 atom stereocenters. The van der Waals surface area contributed by atoms with Crippen molar-refractivity contribution in [1.29, 1.82) is 0 Å². The fraction of sp³-hybridized carbons (Fsp3) is 0.800. The van der Waals surface area contributed by atoms with Crippen LogP contribution < -0.4 is 0 Å². The summed E-state index contributed by atoms with van der Waals surface area (Å²) >= 11 is 0. The van der Waals surface area contributed by atoms with Gasteiger partial charge in [-0.3, -0.25) is 9.35 Å². The van der Waals surface area contributed by atoms with Crippen molar-refractivity contribution in [3.05, 3.63) is 0 Å². The molecule has 0 aromatic carbocycles. The minimum absolute atomic E-state index is 0.139. The summed E-state index contributed by atoms with van der Waals surface area (Å²) in [5.41, 5.74) is 0. The maximum absolute atomic E-state index is 9.19. The van der Waals surface area contributed by atoms with E-state index >= 15 is 0 Å². The van der Waals surface area contributed by atoms with Gasteiger partial charge in [-0.25, -0.2) is 0 Å². The van der Waals surface area contributed by atoms with Crippen molar-refractivity contribution in [2.75, 3.05) is 12.9 Å². The average Bonchev–Trinajstić information content (AvgIpc) is 1.85. The van der Waals surface area contributed by atoms with Crippen molar-refractivity contribution >= 4 is 16.6 Å². The molecule has 1 unspecified atom stereocenters. The number of rotatable bonds is 1. The van der Waals surface area contributed by atoms with Crippen LogP contribution in [0.4, 0.5) is 0 Å². The van der Waals surface area contributed by atoms with Gasteiger partial charge in [0.2, 0.25) is 0 Å². The molecule has 0 saturated carbocycles. The molecule has 0 aromatic heterocycles. The first-order chi connectivity index (χ1) is 5.68. The van der Waals surface area contributed by atoms with Gasteiger partial charge in [-0.1, -0.05) is 0 Å². The van der Waals surface area contributed by atoms with E-state index in [2.05, 4.69) is 0 Å². The standard InChI is InChI=1S/C3H8O2.CH4O3S.CH2O2/c1-3(5)2-4;1-5(2,3)4;2-1-3/h3-5H,2H2,1H3;1H3,(H,2,3,4);1H,(H,2,3). The zero-order valence-electron chi connectivity index (χ0n) is 7.28. The minimum atomic E-state index is -3.67. The van der Waals surface area contributed by atoms with Gasteiger partial charge in [0.25, 0.3) is 16.6 Å². The number of aliphatic hydroxyl groups excluding tert-OH is 2. The molecule has 0 aliphatic carbocycles. The highest BCUT2D eigenvalue weighted by Crippen LogP contribution is 1.68. The van der Waals surface area contributed by atoms with Gasteiger partial charge in [-0.15, -0.1) is 0 Å². The zero-order valence-corrected chi connectivity index (χ0v) is 8.10.